The van der Waals surface area contributed by atoms with Crippen molar-refractivity contribution in [1.82, 2.24) is 4.90 Å². The van der Waals surface area contributed by atoms with Crippen molar-refractivity contribution in [3.05, 3.63) is 82.9 Å². The van der Waals surface area contributed by atoms with Gasteiger partial charge >= 0.3 is 5.97 Å². The average molecular weight is 493 g/mol. The number of anilines is 1. The van der Waals surface area contributed by atoms with E-state index in [-0.39, 0.29) is 5.91 Å². The zero-order valence-electron chi connectivity index (χ0n) is 19.3. The van der Waals surface area contributed by atoms with E-state index in [0.29, 0.717) is 34.9 Å². The third-order valence-corrected chi connectivity index (χ3v) is 6.48. The maximum absolute atomic E-state index is 13.6. The lowest BCUT2D eigenvalue weighted by molar-refractivity contribution is -0.141. The maximum Gasteiger partial charge on any atom is 0.326 e. The van der Waals surface area contributed by atoms with Gasteiger partial charge in [0.05, 0.1) is 13.2 Å². The number of benzene rings is 3. The molecule has 0 spiro atoms. The van der Waals surface area contributed by atoms with Crippen LogP contribution in [0.1, 0.15) is 41.7 Å². The van der Waals surface area contributed by atoms with Crippen molar-refractivity contribution in [3.63, 3.8) is 0 Å². The fourth-order valence-corrected chi connectivity index (χ4v) is 4.80. The molecule has 0 aromatic heterocycles. The van der Waals surface area contributed by atoms with E-state index >= 15 is 0 Å². The smallest absolute Gasteiger partial charge is 0.326 e. The van der Waals surface area contributed by atoms with Gasteiger partial charge in [-0.25, -0.2) is 4.79 Å². The molecule has 0 saturated carbocycles. The molecule has 8 heteroatoms. The molecule has 1 saturated heterocycles. The number of halogens is 1. The number of carbonyl (C=O) groups excluding carboxylic acids is 2. The van der Waals surface area contributed by atoms with E-state index in [1.165, 1.54) is 18.9 Å². The minimum atomic E-state index is -1.05. The van der Waals surface area contributed by atoms with Gasteiger partial charge in [0.25, 0.3) is 5.91 Å². The number of amides is 2. The van der Waals surface area contributed by atoms with E-state index in [2.05, 4.69) is 5.32 Å². The minimum absolute atomic E-state index is 0.158. The van der Waals surface area contributed by atoms with Crippen LogP contribution in [-0.4, -0.2) is 40.9 Å². The van der Waals surface area contributed by atoms with E-state index in [4.69, 9.17) is 16.3 Å². The molecule has 35 heavy (non-hydrogen) atoms. The quantitative estimate of drug-likeness (QED) is 0.480. The van der Waals surface area contributed by atoms with E-state index in [9.17, 15) is 19.5 Å². The van der Waals surface area contributed by atoms with E-state index in [0.717, 1.165) is 16.7 Å². The van der Waals surface area contributed by atoms with Gasteiger partial charge in [-0.1, -0.05) is 41.9 Å². The van der Waals surface area contributed by atoms with Gasteiger partial charge in [-0.05, 0) is 60.4 Å². The van der Waals surface area contributed by atoms with Crippen molar-refractivity contribution in [2.45, 2.75) is 31.8 Å². The first-order chi connectivity index (χ1) is 16.8. The van der Waals surface area contributed by atoms with Gasteiger partial charge in [0.2, 0.25) is 5.91 Å². The Morgan fingerprint density at radius 3 is 2.37 bits per heavy atom. The average Bonchev–Trinajstić information content (AvgIpc) is 3.29. The van der Waals surface area contributed by atoms with Crippen LogP contribution in [0.3, 0.4) is 0 Å². The highest BCUT2D eigenvalue weighted by Gasteiger charge is 2.42. The summed E-state index contributed by atoms with van der Waals surface area (Å²) < 4.78 is 5.57. The molecule has 7 nitrogen and oxygen atoms in total. The number of methoxy groups -OCH3 is 1. The van der Waals surface area contributed by atoms with Crippen molar-refractivity contribution in [2.24, 2.45) is 0 Å². The van der Waals surface area contributed by atoms with Crippen molar-refractivity contribution in [1.29, 1.82) is 0 Å². The summed E-state index contributed by atoms with van der Waals surface area (Å²) in [6, 6.07) is 18.1. The Bertz CT molecular complexity index is 1270. The number of carboxylic acid groups (broad SMARTS) is 1. The molecule has 2 N–H and O–H groups in total. The van der Waals surface area contributed by atoms with E-state index in [1.807, 2.05) is 24.3 Å². The van der Waals surface area contributed by atoms with Crippen LogP contribution < -0.4 is 10.1 Å². The molecular weight excluding hydrogens is 468 g/mol. The summed E-state index contributed by atoms with van der Waals surface area (Å²) in [7, 11) is 1.52. The first-order valence-corrected chi connectivity index (χ1v) is 11.5. The number of carbonyl (C=O) groups is 3. The predicted molar refractivity (Wildman–Crippen MR) is 134 cm³/mol. The molecule has 3 aromatic rings. The van der Waals surface area contributed by atoms with Crippen LogP contribution in [0, 0.1) is 0 Å². The molecule has 0 aliphatic carbocycles. The minimum Gasteiger partial charge on any atom is -0.496 e. The lowest BCUT2D eigenvalue weighted by Crippen LogP contribution is -2.41. The molecule has 2 atom stereocenters. The molecule has 4 rings (SSSR count). The highest BCUT2D eigenvalue weighted by atomic mass is 35.5. The Kier molecular flexibility index (Phi) is 7.07. The number of rotatable bonds is 6. The van der Waals surface area contributed by atoms with Crippen LogP contribution in [0.5, 0.6) is 5.75 Å². The summed E-state index contributed by atoms with van der Waals surface area (Å²) in [5, 5.41) is 13.0. The third kappa shape index (κ3) is 5.00. The second-order valence-electron chi connectivity index (χ2n) is 8.35. The first kappa shape index (κ1) is 24.3. The topological polar surface area (TPSA) is 95.9 Å². The summed E-state index contributed by atoms with van der Waals surface area (Å²) in [6.07, 6.45) is 0.842. The SMILES string of the molecule is COc1cc(C(=O)N2[C@@H](c3ccccc3Cl)CC[C@H]2C(=O)O)ccc1-c1ccc(NC(C)=O)cc1. The summed E-state index contributed by atoms with van der Waals surface area (Å²) in [4.78, 5) is 38.3. The molecule has 0 radical (unpaired) electrons. The zero-order chi connectivity index (χ0) is 25.1. The molecule has 180 valence electrons. The lowest BCUT2D eigenvalue weighted by atomic mass is 10.0. The number of aliphatic carboxylic acids is 1. The summed E-state index contributed by atoms with van der Waals surface area (Å²) in [5.41, 5.74) is 3.33. The highest BCUT2D eigenvalue weighted by Crippen LogP contribution is 2.41. The predicted octanol–water partition coefficient (Wildman–Crippen LogP) is 5.40. The van der Waals surface area contributed by atoms with Crippen LogP contribution in [0.2, 0.25) is 5.02 Å². The summed E-state index contributed by atoms with van der Waals surface area (Å²) in [5.74, 6) is -1.13. The summed E-state index contributed by atoms with van der Waals surface area (Å²) >= 11 is 6.39. The monoisotopic (exact) mass is 492 g/mol. The second-order valence-corrected chi connectivity index (χ2v) is 8.76. The van der Waals surface area contributed by atoms with Crippen molar-refractivity contribution in [3.8, 4) is 16.9 Å². The largest absolute Gasteiger partial charge is 0.496 e. The van der Waals surface area contributed by atoms with E-state index < -0.39 is 24.0 Å². The molecule has 1 fully saturated rings. The number of likely N-dealkylation sites (tertiary alicyclic amines) is 1. The fraction of sp³-hybridized carbons (Fsp3) is 0.222. The highest BCUT2D eigenvalue weighted by molar-refractivity contribution is 6.31. The number of hydrogen-bond acceptors (Lipinski definition) is 4. The Morgan fingerprint density at radius 2 is 1.74 bits per heavy atom. The molecule has 1 aliphatic heterocycles. The summed E-state index contributed by atoms with van der Waals surface area (Å²) in [6.45, 7) is 1.44. The Hall–Kier alpha value is -3.84. The number of carboxylic acids is 1. The number of hydrogen-bond donors (Lipinski definition) is 2. The maximum atomic E-state index is 13.6. The van der Waals surface area contributed by atoms with Crippen molar-refractivity contribution >= 4 is 35.1 Å². The van der Waals surface area contributed by atoms with Crippen molar-refractivity contribution in [2.75, 3.05) is 12.4 Å². The van der Waals surface area contributed by atoms with Gasteiger partial charge in [0, 0.05) is 28.8 Å². The van der Waals surface area contributed by atoms with Gasteiger partial charge in [-0.2, -0.15) is 0 Å². The van der Waals surface area contributed by atoms with Gasteiger partial charge in [-0.3, -0.25) is 9.59 Å². The van der Waals surface area contributed by atoms with Gasteiger partial charge in [0.15, 0.2) is 0 Å². The normalized spacial score (nSPS) is 17.2. The Balaban J connectivity index is 1.68. The fourth-order valence-electron chi connectivity index (χ4n) is 4.54. The zero-order valence-corrected chi connectivity index (χ0v) is 20.1. The molecule has 2 amide bonds. The van der Waals surface area contributed by atoms with Crippen LogP contribution >= 0.6 is 11.6 Å². The number of ether oxygens (including phenoxy) is 1. The molecular formula is C27H25ClN2O5. The molecule has 1 heterocycles. The molecule has 0 unspecified atom stereocenters. The van der Waals surface area contributed by atoms with Crippen LogP contribution in [-0.2, 0) is 9.59 Å². The Morgan fingerprint density at radius 1 is 1.03 bits per heavy atom. The van der Waals surface area contributed by atoms with Crippen LogP contribution in [0.4, 0.5) is 5.69 Å². The van der Waals surface area contributed by atoms with Gasteiger partial charge in [0.1, 0.15) is 11.8 Å². The molecule has 3 aromatic carbocycles. The molecule has 0 bridgehead atoms. The lowest BCUT2D eigenvalue weighted by Gasteiger charge is -2.29. The standard InChI is InChI=1S/C27H25ClN2O5/c1-16(31)29-19-10-7-17(8-11-19)20-12-9-18(15-25(20)35-2)26(32)30-23(13-14-24(30)27(33)34)21-5-3-4-6-22(21)28/h3-12,15,23-24H,13-14H2,1-2H3,(H,29,31)(H,33,34)/t23-,24+/m1/s1. The number of nitrogens with one attached hydrogen (secondary N) is 1. The molecule has 1 aliphatic rings. The Labute approximate surface area is 208 Å². The van der Waals surface area contributed by atoms with Crippen molar-refractivity contribution < 1.29 is 24.2 Å². The van der Waals surface area contributed by atoms with Crippen LogP contribution in [0.15, 0.2) is 66.7 Å². The van der Waals surface area contributed by atoms with Gasteiger partial charge < -0.3 is 20.1 Å². The van der Waals surface area contributed by atoms with E-state index in [1.54, 1.807) is 42.5 Å². The van der Waals surface area contributed by atoms with Gasteiger partial charge in [-0.15, -0.1) is 0 Å². The number of nitrogens with zero attached hydrogens (tertiary/aromatic N) is 1. The second kappa shape index (κ2) is 10.2. The van der Waals surface area contributed by atoms with Crippen LogP contribution in [0.25, 0.3) is 11.1 Å². The first-order valence-electron chi connectivity index (χ1n) is 11.2. The third-order valence-electron chi connectivity index (χ3n) is 6.13.